The predicted molar refractivity (Wildman–Crippen MR) is 137 cm³/mol. The van der Waals surface area contributed by atoms with Crippen molar-refractivity contribution in [2.75, 3.05) is 0 Å². The zero-order chi connectivity index (χ0) is 27.1. The van der Waals surface area contributed by atoms with Gasteiger partial charge in [-0.3, -0.25) is 0 Å². The molecule has 0 spiro atoms. The summed E-state index contributed by atoms with van der Waals surface area (Å²) < 4.78 is 101. The molecule has 0 fully saturated rings. The molecule has 36 heavy (non-hydrogen) atoms. The summed E-state index contributed by atoms with van der Waals surface area (Å²) in [6, 6.07) is 6.35. The molecule has 0 bridgehead atoms. The molecule has 0 saturated carbocycles. The third-order valence-corrected chi connectivity index (χ3v) is 7.34. The van der Waals surface area contributed by atoms with E-state index in [1.54, 1.807) is 12.1 Å². The molecule has 0 amide bonds. The fourth-order valence-electron chi connectivity index (χ4n) is 2.74. The van der Waals surface area contributed by atoms with Crippen LogP contribution < -0.4 is 9.47 Å². The number of esters is 2. The summed E-state index contributed by atoms with van der Waals surface area (Å²) in [6.45, 7) is 0. The van der Waals surface area contributed by atoms with Crippen molar-refractivity contribution < 1.29 is 54.7 Å². The average molecular weight is 863 g/mol. The van der Waals surface area contributed by atoms with Crippen LogP contribution in [-0.2, 0) is 10.1 Å². The van der Waals surface area contributed by atoms with E-state index in [1.165, 1.54) is 0 Å². The highest BCUT2D eigenvalue weighted by Crippen LogP contribution is 2.35. The topological polar surface area (TPSA) is 130 Å². The number of carbonyl (C=O) groups is 2. The molecule has 0 radical (unpaired) electrons. The van der Waals surface area contributed by atoms with Crippen LogP contribution >= 0.6 is 67.8 Å². The van der Waals surface area contributed by atoms with Crippen molar-refractivity contribution in [3.63, 3.8) is 0 Å². The van der Waals surface area contributed by atoms with E-state index in [0.717, 1.165) is 21.8 Å². The number of rotatable bonds is 5. The van der Waals surface area contributed by atoms with Crippen LogP contribution in [0.2, 0.25) is 0 Å². The molecule has 190 valence electrons. The highest BCUT2D eigenvalue weighted by molar-refractivity contribution is 14.1. The summed E-state index contributed by atoms with van der Waals surface area (Å²) >= 11 is 5.79. The molecular weight excluding hydrogens is 857 g/mol. The molecule has 16 heteroatoms. The van der Waals surface area contributed by atoms with Crippen molar-refractivity contribution in [1.29, 1.82) is 0 Å². The highest BCUT2D eigenvalue weighted by atomic mass is 127. The smallest absolute Gasteiger partial charge is 0.348 e. The maximum Gasteiger partial charge on any atom is 0.348 e. The molecule has 3 aromatic carbocycles. The van der Waals surface area contributed by atoms with Crippen molar-refractivity contribution in [2.24, 2.45) is 0 Å². The van der Waals surface area contributed by atoms with Gasteiger partial charge in [-0.1, -0.05) is 6.07 Å². The third kappa shape index (κ3) is 5.70. The molecule has 0 aromatic heterocycles. The van der Waals surface area contributed by atoms with E-state index in [0.29, 0.717) is 7.14 Å². The molecule has 1 N–H and O–H groups in total. The molecule has 8 nitrogen and oxygen atoms in total. The number of phenols is 1. The first-order valence-electron chi connectivity index (χ1n) is 8.87. The lowest BCUT2D eigenvalue weighted by atomic mass is 10.1. The molecule has 0 heterocycles. The van der Waals surface area contributed by atoms with Crippen molar-refractivity contribution in [1.82, 2.24) is 0 Å². The molecule has 0 unspecified atom stereocenters. The second kappa shape index (κ2) is 10.9. The lowest BCUT2D eigenvalue weighted by molar-refractivity contribution is 0.0677. The van der Waals surface area contributed by atoms with Crippen LogP contribution in [0.4, 0.5) is 17.6 Å². The fraction of sp³-hybridized carbons (Fsp3) is 0. The summed E-state index contributed by atoms with van der Waals surface area (Å²) in [4.78, 5) is 23.0. The molecule has 3 rings (SSSR count). The largest absolute Gasteiger partial charge is 0.744 e. The molecule has 0 aliphatic rings. The minimum atomic E-state index is -5.99. The zero-order valence-electron chi connectivity index (χ0n) is 16.7. The Balaban J connectivity index is 2.06. The van der Waals surface area contributed by atoms with Gasteiger partial charge < -0.3 is 19.1 Å². The molecule has 3 aromatic rings. The monoisotopic (exact) mass is 863 g/mol. The first-order chi connectivity index (χ1) is 16.6. The summed E-state index contributed by atoms with van der Waals surface area (Å²) in [5.41, 5.74) is -1.64. The minimum absolute atomic E-state index is 0.0971. The first kappa shape index (κ1) is 28.8. The molecule has 0 aliphatic heterocycles. The quantitative estimate of drug-likeness (QED) is 0.0938. The summed E-state index contributed by atoms with van der Waals surface area (Å²) in [5.74, 6) is -16.2. The Kier molecular flexibility index (Phi) is 8.72. The molecule has 0 aliphatic carbocycles. The maximum atomic E-state index is 14.3. The van der Waals surface area contributed by atoms with Crippen molar-refractivity contribution in [2.45, 2.75) is 4.90 Å². The number of benzene rings is 3. The Bertz CT molecular complexity index is 1490. The van der Waals surface area contributed by atoms with Gasteiger partial charge in [0.25, 0.3) is 0 Å². The fourth-order valence-corrected chi connectivity index (χ4v) is 7.16. The number of hydrogen-bond acceptors (Lipinski definition) is 8. The van der Waals surface area contributed by atoms with Gasteiger partial charge in [-0.25, -0.2) is 26.8 Å². The second-order valence-corrected chi connectivity index (χ2v) is 11.4. The van der Waals surface area contributed by atoms with E-state index in [2.05, 4.69) is 4.74 Å². The Hall–Kier alpha value is -1.78. The number of ether oxygens (including phenoxy) is 2. The van der Waals surface area contributed by atoms with E-state index >= 15 is 0 Å². The minimum Gasteiger partial charge on any atom is -0.744 e. The number of halogens is 7. The van der Waals surface area contributed by atoms with E-state index in [1.807, 2.05) is 67.8 Å². The maximum absolute atomic E-state index is 14.3. The van der Waals surface area contributed by atoms with E-state index in [4.69, 9.17) is 4.74 Å². The van der Waals surface area contributed by atoms with E-state index in [9.17, 15) is 45.2 Å². The van der Waals surface area contributed by atoms with E-state index in [-0.39, 0.29) is 5.75 Å². The zero-order valence-corrected chi connectivity index (χ0v) is 24.0. The van der Waals surface area contributed by atoms with Crippen LogP contribution in [0, 0.1) is 34.0 Å². The van der Waals surface area contributed by atoms with E-state index < -0.39 is 72.8 Å². The summed E-state index contributed by atoms with van der Waals surface area (Å²) in [6.07, 6.45) is 0. The van der Waals surface area contributed by atoms with Crippen molar-refractivity contribution >= 4 is 89.8 Å². The van der Waals surface area contributed by atoms with Crippen LogP contribution in [0.15, 0.2) is 35.2 Å². The average Bonchev–Trinajstić information content (AvgIpc) is 2.76. The van der Waals surface area contributed by atoms with Gasteiger partial charge in [0.2, 0.25) is 17.4 Å². The summed E-state index contributed by atoms with van der Waals surface area (Å²) in [7, 11) is -5.99. The van der Waals surface area contributed by atoms with Crippen LogP contribution in [-0.4, -0.2) is 30.0 Å². The van der Waals surface area contributed by atoms with Gasteiger partial charge in [0.1, 0.15) is 26.3 Å². The van der Waals surface area contributed by atoms with Crippen LogP contribution in [0.1, 0.15) is 20.7 Å². The summed E-state index contributed by atoms with van der Waals surface area (Å²) in [5, 5.41) is 10.1. The highest BCUT2D eigenvalue weighted by Gasteiger charge is 2.33. The molecule has 0 atom stereocenters. The van der Waals surface area contributed by atoms with Crippen molar-refractivity contribution in [3.05, 3.63) is 75.4 Å². The van der Waals surface area contributed by atoms with Crippen LogP contribution in [0.25, 0.3) is 0 Å². The van der Waals surface area contributed by atoms with Gasteiger partial charge in [0.15, 0.2) is 17.4 Å². The third-order valence-electron chi connectivity index (χ3n) is 4.25. The van der Waals surface area contributed by atoms with Gasteiger partial charge >= 0.3 is 11.9 Å². The second-order valence-electron chi connectivity index (χ2n) is 6.55. The lowest BCUT2D eigenvalue weighted by Crippen LogP contribution is -2.20. The predicted octanol–water partition coefficient (Wildman–Crippen LogP) is 5.10. The number of carbonyl (C=O) groups excluding carboxylic acids is 2. The SMILES string of the molecule is O=C(Oc1c(I)cc(I)cc1I)c1cccc(O)c1C(=O)Oc1c(F)c(F)c(S(=O)(=O)[O-])c(F)c1F. The van der Waals surface area contributed by atoms with Crippen LogP contribution in [0.3, 0.4) is 0 Å². The number of hydrogen-bond donors (Lipinski definition) is 1. The molecular formula is C20H6F4I3O8S-. The van der Waals surface area contributed by atoms with Gasteiger partial charge in [-0.05, 0) is 92.0 Å². The van der Waals surface area contributed by atoms with Gasteiger partial charge in [-0.2, -0.15) is 8.78 Å². The Morgan fingerprint density at radius 2 is 1.33 bits per heavy atom. The molecule has 0 saturated heterocycles. The number of phenolic OH excluding ortho intramolecular Hbond substituents is 1. The Labute approximate surface area is 240 Å². The standard InChI is InChI=1S/C20H7F4I3O8S/c21-12-14(23)18(36(31,32)33)15(24)13(22)17(12)35-20(30)11-7(2-1-3-10(11)28)19(29)34-16-8(26)4-6(25)5-9(16)27/h1-5,28H,(H,31,32,33)/p-1. The van der Waals surface area contributed by atoms with Crippen molar-refractivity contribution in [3.8, 4) is 17.2 Å². The first-order valence-corrected chi connectivity index (χ1v) is 13.5. The van der Waals surface area contributed by atoms with Gasteiger partial charge in [0, 0.05) is 3.57 Å². The normalized spacial score (nSPS) is 11.3. The lowest BCUT2D eigenvalue weighted by Gasteiger charge is -2.15. The van der Waals surface area contributed by atoms with Crippen LogP contribution in [0.5, 0.6) is 17.2 Å². The number of aromatic hydroxyl groups is 1. The van der Waals surface area contributed by atoms with Gasteiger partial charge in [-0.15, -0.1) is 0 Å². The Morgan fingerprint density at radius 1 is 0.833 bits per heavy atom. The Morgan fingerprint density at radius 3 is 1.83 bits per heavy atom. The van der Waals surface area contributed by atoms with Gasteiger partial charge in [0.05, 0.1) is 12.7 Å².